The largest absolute Gasteiger partial charge is 0.326 e. The zero-order valence-electron chi connectivity index (χ0n) is 14.0. The molecule has 1 spiro atoms. The summed E-state index contributed by atoms with van der Waals surface area (Å²) >= 11 is 10.4. The number of rotatable bonds is 2. The van der Waals surface area contributed by atoms with Gasteiger partial charge in [0.1, 0.15) is 0 Å². The van der Waals surface area contributed by atoms with E-state index in [0.717, 1.165) is 29.1 Å². The Kier molecular flexibility index (Phi) is 4.83. The SMILES string of the molecule is Cc1cc(Cl)ccc1NC(=O)C1C[C@H]2CCC[C@H](C1)C21SCCS1. The Labute approximate surface area is 157 Å². The third-order valence-electron chi connectivity index (χ3n) is 5.94. The lowest BCUT2D eigenvalue weighted by Crippen LogP contribution is -2.48. The van der Waals surface area contributed by atoms with E-state index in [4.69, 9.17) is 11.6 Å². The molecule has 4 rings (SSSR count). The van der Waals surface area contributed by atoms with E-state index >= 15 is 0 Å². The van der Waals surface area contributed by atoms with Crippen molar-refractivity contribution in [1.29, 1.82) is 0 Å². The minimum Gasteiger partial charge on any atom is -0.326 e. The van der Waals surface area contributed by atoms with E-state index in [0.29, 0.717) is 15.9 Å². The number of amides is 1. The topological polar surface area (TPSA) is 29.1 Å². The quantitative estimate of drug-likeness (QED) is 0.723. The number of anilines is 1. The van der Waals surface area contributed by atoms with Crippen LogP contribution in [0.5, 0.6) is 0 Å². The lowest BCUT2D eigenvalue weighted by atomic mass is 9.67. The first-order chi connectivity index (χ1) is 11.6. The van der Waals surface area contributed by atoms with Crippen LogP contribution in [0, 0.1) is 24.7 Å². The second kappa shape index (κ2) is 6.77. The van der Waals surface area contributed by atoms with Crippen LogP contribution >= 0.6 is 35.1 Å². The smallest absolute Gasteiger partial charge is 0.227 e. The zero-order chi connectivity index (χ0) is 16.7. The first-order valence-corrected chi connectivity index (χ1v) is 11.3. The van der Waals surface area contributed by atoms with Crippen molar-refractivity contribution in [2.45, 2.75) is 43.1 Å². The molecule has 1 aromatic carbocycles. The van der Waals surface area contributed by atoms with E-state index in [1.807, 2.05) is 25.1 Å². The average molecular weight is 382 g/mol. The van der Waals surface area contributed by atoms with Gasteiger partial charge in [0.2, 0.25) is 5.91 Å². The number of hydrogen-bond acceptors (Lipinski definition) is 3. The van der Waals surface area contributed by atoms with Crippen molar-refractivity contribution in [3.8, 4) is 0 Å². The van der Waals surface area contributed by atoms with Crippen LogP contribution in [-0.4, -0.2) is 21.5 Å². The Balaban J connectivity index is 1.48. The number of nitrogens with one attached hydrogen (secondary N) is 1. The summed E-state index contributed by atoms with van der Waals surface area (Å²) in [7, 11) is 0. The summed E-state index contributed by atoms with van der Waals surface area (Å²) in [6, 6.07) is 5.68. The van der Waals surface area contributed by atoms with Crippen LogP contribution in [0.4, 0.5) is 5.69 Å². The number of benzene rings is 1. The van der Waals surface area contributed by atoms with Crippen LogP contribution < -0.4 is 5.32 Å². The third kappa shape index (κ3) is 2.99. The molecule has 2 saturated carbocycles. The number of thioether (sulfide) groups is 2. The number of carbonyl (C=O) groups excluding carboxylic acids is 1. The molecule has 3 fully saturated rings. The van der Waals surface area contributed by atoms with E-state index in [1.165, 1.54) is 30.8 Å². The van der Waals surface area contributed by atoms with Gasteiger partial charge in [-0.3, -0.25) is 4.79 Å². The molecule has 2 atom stereocenters. The lowest BCUT2D eigenvalue weighted by Gasteiger charge is -2.52. The number of hydrogen-bond donors (Lipinski definition) is 1. The van der Waals surface area contributed by atoms with Gasteiger partial charge >= 0.3 is 0 Å². The molecule has 1 N–H and O–H groups in total. The van der Waals surface area contributed by atoms with Crippen LogP contribution in [0.1, 0.15) is 37.7 Å². The Hall–Kier alpha value is -0.320. The van der Waals surface area contributed by atoms with E-state index in [9.17, 15) is 4.79 Å². The van der Waals surface area contributed by atoms with Crippen molar-refractivity contribution in [3.05, 3.63) is 28.8 Å². The van der Waals surface area contributed by atoms with Crippen LogP contribution in [-0.2, 0) is 4.79 Å². The molecule has 1 amide bonds. The van der Waals surface area contributed by atoms with Gasteiger partial charge in [0, 0.05) is 28.1 Å². The van der Waals surface area contributed by atoms with Crippen LogP contribution in [0.15, 0.2) is 18.2 Å². The molecule has 0 aromatic heterocycles. The van der Waals surface area contributed by atoms with Crippen molar-refractivity contribution < 1.29 is 4.79 Å². The molecular formula is C19H24ClNOS2. The Bertz CT molecular complexity index is 628. The van der Waals surface area contributed by atoms with E-state index in [2.05, 4.69) is 28.8 Å². The molecule has 1 saturated heterocycles. The van der Waals surface area contributed by atoms with E-state index in [1.54, 1.807) is 0 Å². The third-order valence-corrected chi connectivity index (χ3v) is 10.2. The van der Waals surface area contributed by atoms with Gasteiger partial charge in [-0.15, -0.1) is 23.5 Å². The highest BCUT2D eigenvalue weighted by Gasteiger charge is 2.55. The lowest BCUT2D eigenvalue weighted by molar-refractivity contribution is -0.122. The molecule has 5 heteroatoms. The van der Waals surface area contributed by atoms with Gasteiger partial charge in [-0.25, -0.2) is 0 Å². The summed E-state index contributed by atoms with van der Waals surface area (Å²) in [5, 5.41) is 3.88. The van der Waals surface area contributed by atoms with Crippen molar-refractivity contribution in [2.24, 2.45) is 17.8 Å². The molecule has 0 unspecified atom stereocenters. The van der Waals surface area contributed by atoms with E-state index in [-0.39, 0.29) is 11.8 Å². The van der Waals surface area contributed by atoms with Crippen molar-refractivity contribution in [1.82, 2.24) is 0 Å². The minimum atomic E-state index is 0.169. The van der Waals surface area contributed by atoms with Crippen molar-refractivity contribution in [2.75, 3.05) is 16.8 Å². The van der Waals surface area contributed by atoms with Crippen molar-refractivity contribution >= 4 is 46.7 Å². The Morgan fingerprint density at radius 1 is 1.21 bits per heavy atom. The molecule has 1 heterocycles. The minimum absolute atomic E-state index is 0.169. The first kappa shape index (κ1) is 17.1. The molecule has 1 aromatic rings. The van der Waals surface area contributed by atoms with Gasteiger partial charge in [-0.2, -0.15) is 0 Å². The molecule has 0 radical (unpaired) electrons. The summed E-state index contributed by atoms with van der Waals surface area (Å²) in [6.07, 6.45) is 6.09. The fraction of sp³-hybridized carbons (Fsp3) is 0.632. The van der Waals surface area contributed by atoms with Gasteiger partial charge < -0.3 is 5.32 Å². The monoisotopic (exact) mass is 381 g/mol. The fourth-order valence-electron chi connectivity index (χ4n) is 4.83. The van der Waals surface area contributed by atoms with Crippen LogP contribution in [0.2, 0.25) is 5.02 Å². The highest BCUT2D eigenvalue weighted by molar-refractivity contribution is 8.21. The van der Waals surface area contributed by atoms with Gasteiger partial charge in [0.05, 0.1) is 4.08 Å². The summed E-state index contributed by atoms with van der Waals surface area (Å²) in [6.45, 7) is 2.00. The summed E-state index contributed by atoms with van der Waals surface area (Å²) in [5.41, 5.74) is 1.93. The fourth-order valence-corrected chi connectivity index (χ4v) is 8.99. The first-order valence-electron chi connectivity index (χ1n) is 8.93. The predicted octanol–water partition coefficient (Wildman–Crippen LogP) is 5.59. The maximum atomic E-state index is 12.9. The average Bonchev–Trinajstić information content (AvgIpc) is 2.99. The number of halogens is 1. The maximum absolute atomic E-state index is 12.9. The molecule has 24 heavy (non-hydrogen) atoms. The standard InChI is InChI=1S/C19H24ClNOS2/c1-12-9-16(20)5-6-17(12)21-18(22)13-10-14-3-2-4-15(11-13)19(14)23-7-8-24-19/h5-6,9,13-15H,2-4,7-8,10-11H2,1H3,(H,21,22)/t14-,15-/m1/s1. The summed E-state index contributed by atoms with van der Waals surface area (Å²) in [4.78, 5) is 12.9. The number of carbonyl (C=O) groups is 1. The van der Waals surface area contributed by atoms with Gasteiger partial charge in [-0.05, 0) is 68.2 Å². The molecule has 2 aliphatic carbocycles. The maximum Gasteiger partial charge on any atom is 0.227 e. The van der Waals surface area contributed by atoms with Crippen molar-refractivity contribution in [3.63, 3.8) is 0 Å². The normalized spacial score (nSPS) is 31.2. The molecule has 3 aliphatic rings. The molecule has 1 aliphatic heterocycles. The molecule has 130 valence electrons. The van der Waals surface area contributed by atoms with Crippen LogP contribution in [0.25, 0.3) is 0 Å². The molecule has 2 nitrogen and oxygen atoms in total. The van der Waals surface area contributed by atoms with Gasteiger partial charge in [0.15, 0.2) is 0 Å². The Morgan fingerprint density at radius 3 is 2.50 bits per heavy atom. The van der Waals surface area contributed by atoms with E-state index < -0.39 is 0 Å². The second-order valence-electron chi connectivity index (χ2n) is 7.36. The summed E-state index contributed by atoms with van der Waals surface area (Å²) in [5.74, 6) is 4.38. The zero-order valence-corrected chi connectivity index (χ0v) is 16.4. The highest BCUT2D eigenvalue weighted by atomic mass is 35.5. The highest BCUT2D eigenvalue weighted by Crippen LogP contribution is 2.64. The van der Waals surface area contributed by atoms with Gasteiger partial charge in [-0.1, -0.05) is 18.0 Å². The molecular weight excluding hydrogens is 358 g/mol. The summed E-state index contributed by atoms with van der Waals surface area (Å²) < 4.78 is 0.436. The second-order valence-corrected chi connectivity index (χ2v) is 10.8. The number of aryl methyl sites for hydroxylation is 1. The Morgan fingerprint density at radius 2 is 1.88 bits per heavy atom. The van der Waals surface area contributed by atoms with Gasteiger partial charge in [0.25, 0.3) is 0 Å². The molecule has 2 bridgehead atoms. The van der Waals surface area contributed by atoms with Crippen LogP contribution in [0.3, 0.4) is 0 Å². The predicted molar refractivity (Wildman–Crippen MR) is 106 cm³/mol.